The molecule has 9 heteroatoms. The fourth-order valence-corrected chi connectivity index (χ4v) is 3.51. The van der Waals surface area contributed by atoms with Gasteiger partial charge in [0.1, 0.15) is 16.9 Å². The molecule has 1 unspecified atom stereocenters. The molecule has 1 aliphatic heterocycles. The van der Waals surface area contributed by atoms with Gasteiger partial charge in [-0.2, -0.15) is 0 Å². The third kappa shape index (κ3) is 5.44. The Kier molecular flexibility index (Phi) is 7.69. The Labute approximate surface area is 182 Å². The molecule has 0 spiro atoms. The van der Waals surface area contributed by atoms with Gasteiger partial charge in [-0.25, -0.2) is 9.78 Å². The molecule has 2 heterocycles. The van der Waals surface area contributed by atoms with Crippen molar-refractivity contribution in [3.05, 3.63) is 17.8 Å². The number of carbonyl (C=O) groups is 2. The molecule has 1 atom stereocenters. The Morgan fingerprint density at radius 1 is 1.29 bits per heavy atom. The minimum absolute atomic E-state index is 0.111. The normalized spacial score (nSPS) is 18.1. The molecule has 8 nitrogen and oxygen atoms in total. The smallest absolute Gasteiger partial charge is 0.331 e. The van der Waals surface area contributed by atoms with Crippen LogP contribution in [-0.4, -0.2) is 68.6 Å². The molecule has 1 aromatic rings. The number of halogens is 1. The summed E-state index contributed by atoms with van der Waals surface area (Å²) in [5.41, 5.74) is -0.513. The topological polar surface area (TPSA) is 90.0 Å². The fourth-order valence-electron chi connectivity index (χ4n) is 3.51. The van der Waals surface area contributed by atoms with Crippen LogP contribution >= 0.6 is 0 Å². The van der Waals surface area contributed by atoms with E-state index in [-0.39, 0.29) is 31.2 Å². The summed E-state index contributed by atoms with van der Waals surface area (Å²) in [4.78, 5) is 32.0. The Hall–Kier alpha value is -2.42. The van der Waals surface area contributed by atoms with Crippen molar-refractivity contribution in [1.82, 2.24) is 10.3 Å². The molecule has 2 fully saturated rings. The lowest BCUT2D eigenvalue weighted by Crippen LogP contribution is -2.55. The number of rotatable bonds is 12. The molecule has 1 N–H and O–H groups in total. The van der Waals surface area contributed by atoms with Crippen molar-refractivity contribution in [2.75, 3.05) is 45.0 Å². The van der Waals surface area contributed by atoms with E-state index in [1.165, 1.54) is 0 Å². The van der Waals surface area contributed by atoms with Crippen LogP contribution in [0.4, 0.5) is 10.1 Å². The van der Waals surface area contributed by atoms with Crippen LogP contribution in [0.1, 0.15) is 50.0 Å². The Balaban J connectivity index is 1.80. The molecular formula is C22H32FN3O5. The van der Waals surface area contributed by atoms with Crippen LogP contribution in [0.25, 0.3) is 0 Å². The largest absolute Gasteiger partial charge is 0.476 e. The van der Waals surface area contributed by atoms with Crippen molar-refractivity contribution >= 4 is 17.6 Å². The van der Waals surface area contributed by atoms with Gasteiger partial charge in [0.2, 0.25) is 5.88 Å². The lowest BCUT2D eigenvalue weighted by Gasteiger charge is -2.40. The highest BCUT2D eigenvalue weighted by atomic mass is 19.1. The molecule has 2 aliphatic rings. The second kappa shape index (κ2) is 10.3. The highest BCUT2D eigenvalue weighted by molar-refractivity contribution is 5.97. The van der Waals surface area contributed by atoms with Gasteiger partial charge in [0.05, 0.1) is 26.0 Å². The number of alkyl halides is 1. The predicted octanol–water partition coefficient (Wildman–Crippen LogP) is 2.51. The van der Waals surface area contributed by atoms with E-state index < -0.39 is 24.1 Å². The van der Waals surface area contributed by atoms with Crippen molar-refractivity contribution in [3.63, 3.8) is 0 Å². The van der Waals surface area contributed by atoms with Crippen LogP contribution in [0, 0.1) is 5.92 Å². The zero-order valence-electron chi connectivity index (χ0n) is 18.5. The number of pyridine rings is 1. The van der Waals surface area contributed by atoms with Crippen molar-refractivity contribution < 1.29 is 28.2 Å². The van der Waals surface area contributed by atoms with Gasteiger partial charge < -0.3 is 24.4 Å². The van der Waals surface area contributed by atoms with Crippen molar-refractivity contribution in [2.24, 2.45) is 5.92 Å². The first-order valence-corrected chi connectivity index (χ1v) is 10.9. The lowest BCUT2D eigenvalue weighted by atomic mass is 9.92. The van der Waals surface area contributed by atoms with E-state index in [1.54, 1.807) is 33.1 Å². The van der Waals surface area contributed by atoms with Crippen LogP contribution in [-0.2, 0) is 14.3 Å². The Morgan fingerprint density at radius 2 is 2.03 bits per heavy atom. The van der Waals surface area contributed by atoms with E-state index in [0.717, 1.165) is 31.6 Å². The van der Waals surface area contributed by atoms with Gasteiger partial charge in [-0.1, -0.05) is 6.92 Å². The van der Waals surface area contributed by atoms with Crippen LogP contribution < -0.4 is 15.0 Å². The highest BCUT2D eigenvalue weighted by Crippen LogP contribution is 2.34. The van der Waals surface area contributed by atoms with Gasteiger partial charge in [-0.15, -0.1) is 0 Å². The van der Waals surface area contributed by atoms with E-state index in [9.17, 15) is 14.0 Å². The number of hydrogen-bond donors (Lipinski definition) is 1. The highest BCUT2D eigenvalue weighted by Gasteiger charge is 2.40. The van der Waals surface area contributed by atoms with E-state index in [2.05, 4.69) is 15.2 Å². The maximum Gasteiger partial charge on any atom is 0.331 e. The molecule has 0 aromatic carbocycles. The monoisotopic (exact) mass is 437 g/mol. The summed E-state index contributed by atoms with van der Waals surface area (Å²) in [6, 6.07) is 3.39. The van der Waals surface area contributed by atoms with Gasteiger partial charge >= 0.3 is 5.97 Å². The molecule has 3 rings (SSSR count). The molecule has 31 heavy (non-hydrogen) atoms. The summed E-state index contributed by atoms with van der Waals surface area (Å²) in [6.07, 6.45) is 2.47. The summed E-state index contributed by atoms with van der Waals surface area (Å²) in [7, 11) is 1.68. The van der Waals surface area contributed by atoms with Crippen LogP contribution in [0.5, 0.6) is 5.88 Å². The van der Waals surface area contributed by atoms with Crippen molar-refractivity contribution in [2.45, 2.75) is 51.2 Å². The van der Waals surface area contributed by atoms with Gasteiger partial charge in [0.25, 0.3) is 5.91 Å². The minimum Gasteiger partial charge on any atom is -0.476 e. The van der Waals surface area contributed by atoms with Crippen LogP contribution in [0.2, 0.25) is 0 Å². The number of methoxy groups -OCH3 is 1. The summed E-state index contributed by atoms with van der Waals surface area (Å²) in [6.45, 7) is 4.77. The van der Waals surface area contributed by atoms with Gasteiger partial charge in [0, 0.05) is 26.6 Å². The molecule has 0 radical (unpaired) electrons. The zero-order valence-corrected chi connectivity index (χ0v) is 18.5. The van der Waals surface area contributed by atoms with Gasteiger partial charge in [-0.3, -0.25) is 9.18 Å². The molecular weight excluding hydrogens is 405 g/mol. The van der Waals surface area contributed by atoms with Crippen molar-refractivity contribution in [3.8, 4) is 5.88 Å². The first-order chi connectivity index (χ1) is 15.0. The number of ether oxygens (including phenoxy) is 3. The third-order valence-electron chi connectivity index (χ3n) is 5.89. The minimum atomic E-state index is -1.43. The van der Waals surface area contributed by atoms with E-state index in [4.69, 9.17) is 14.2 Å². The first kappa shape index (κ1) is 23.2. The zero-order chi connectivity index (χ0) is 22.4. The SMILES string of the molecule is CCOC(=O)C(CC)(CCF)NC(=O)c1ccc(N2CC(OC)C2)c(OCC2CC2)n1. The number of esters is 1. The van der Waals surface area contributed by atoms with E-state index in [1.807, 2.05) is 0 Å². The van der Waals surface area contributed by atoms with E-state index >= 15 is 0 Å². The summed E-state index contributed by atoms with van der Waals surface area (Å²) >= 11 is 0. The van der Waals surface area contributed by atoms with Gasteiger partial charge in [0.15, 0.2) is 0 Å². The Morgan fingerprint density at radius 3 is 2.61 bits per heavy atom. The fraction of sp³-hybridized carbons (Fsp3) is 0.682. The quantitative estimate of drug-likeness (QED) is 0.503. The molecule has 1 aromatic heterocycles. The molecule has 1 saturated carbocycles. The second-order valence-corrected chi connectivity index (χ2v) is 8.09. The van der Waals surface area contributed by atoms with Crippen LogP contribution in [0.3, 0.4) is 0 Å². The number of hydrogen-bond acceptors (Lipinski definition) is 7. The molecule has 172 valence electrons. The summed E-state index contributed by atoms with van der Waals surface area (Å²) < 4.78 is 29.6. The number of anilines is 1. The second-order valence-electron chi connectivity index (χ2n) is 8.09. The maximum atomic E-state index is 13.2. The Bertz CT molecular complexity index is 782. The number of amides is 1. The average Bonchev–Trinajstić information content (AvgIpc) is 3.56. The van der Waals surface area contributed by atoms with Gasteiger partial charge in [-0.05, 0) is 44.2 Å². The summed E-state index contributed by atoms with van der Waals surface area (Å²) in [5, 5.41) is 2.67. The van der Waals surface area contributed by atoms with E-state index in [0.29, 0.717) is 18.4 Å². The van der Waals surface area contributed by atoms with Crippen LogP contribution in [0.15, 0.2) is 12.1 Å². The molecule has 0 bridgehead atoms. The first-order valence-electron chi connectivity index (χ1n) is 10.9. The number of nitrogens with one attached hydrogen (secondary N) is 1. The molecule has 1 amide bonds. The lowest BCUT2D eigenvalue weighted by molar-refractivity contribution is -0.151. The third-order valence-corrected chi connectivity index (χ3v) is 5.89. The number of nitrogens with zero attached hydrogens (tertiary/aromatic N) is 2. The number of carbonyl (C=O) groups excluding carboxylic acids is 2. The maximum absolute atomic E-state index is 13.2. The molecule has 1 aliphatic carbocycles. The summed E-state index contributed by atoms with van der Waals surface area (Å²) in [5.74, 6) is -0.296. The molecule has 1 saturated heterocycles. The standard InChI is InChI=1S/C22H32FN3O5/c1-4-22(10-11-23,21(28)30-5-2)25-19(27)17-8-9-18(26-12-16(13-26)29-3)20(24-17)31-14-15-6-7-15/h8-9,15-16H,4-7,10-14H2,1-3H3,(H,25,27). The van der Waals surface area contributed by atoms with Crippen molar-refractivity contribution in [1.29, 1.82) is 0 Å². The predicted molar refractivity (Wildman–Crippen MR) is 113 cm³/mol. The average molecular weight is 438 g/mol. The number of aromatic nitrogens is 1.